The number of hydrogen-bond acceptors (Lipinski definition) is 0. The summed E-state index contributed by atoms with van der Waals surface area (Å²) in [6, 6.07) is 18.4. The van der Waals surface area contributed by atoms with Gasteiger partial charge in [-0.05, 0) is 50.4 Å². The highest BCUT2D eigenvalue weighted by molar-refractivity contribution is 7.96. The van der Waals surface area contributed by atoms with E-state index in [4.69, 9.17) is 0 Å². The maximum Gasteiger partial charge on any atom is 0.133 e. The molecule has 1 fully saturated rings. The van der Waals surface area contributed by atoms with Gasteiger partial charge in [0.15, 0.2) is 0 Å². The first-order valence-corrected chi connectivity index (χ1v) is 10.6. The number of hydrogen-bond donors (Lipinski definition) is 0. The average Bonchev–Trinajstić information content (AvgIpc) is 2.59. The van der Waals surface area contributed by atoms with E-state index in [-0.39, 0.29) is 0 Å². The first kappa shape index (κ1) is 16.6. The van der Waals surface area contributed by atoms with E-state index in [0.717, 1.165) is 5.25 Å². The minimum Gasteiger partial charge on any atom is -0.0589 e. The van der Waals surface area contributed by atoms with Crippen LogP contribution in [0.1, 0.15) is 54.4 Å². The largest absolute Gasteiger partial charge is 0.133 e. The summed E-state index contributed by atoms with van der Waals surface area (Å²) in [5.41, 5.74) is 5.78. The molecule has 2 aromatic rings. The summed E-state index contributed by atoms with van der Waals surface area (Å²) < 4.78 is 0. The van der Waals surface area contributed by atoms with Crippen molar-refractivity contribution < 1.29 is 0 Å². The monoisotopic (exact) mass is 325 g/mol. The van der Waals surface area contributed by atoms with Crippen LogP contribution in [0.4, 0.5) is 0 Å². The third-order valence-electron chi connectivity index (χ3n) is 4.97. The van der Waals surface area contributed by atoms with Gasteiger partial charge in [0.05, 0.1) is 0 Å². The van der Waals surface area contributed by atoms with E-state index in [1.54, 1.807) is 0 Å². The van der Waals surface area contributed by atoms with Gasteiger partial charge in [0, 0.05) is 11.1 Å². The first-order chi connectivity index (χ1) is 11.2. The SMILES string of the molecule is Cc1ccc(C[S+](Cc2ccc(C)cc2)C2CCCCC2)cc1. The Morgan fingerprint density at radius 2 is 1.13 bits per heavy atom. The molecule has 0 aromatic heterocycles. The summed E-state index contributed by atoms with van der Waals surface area (Å²) in [5.74, 6) is 2.53. The third kappa shape index (κ3) is 4.88. The molecule has 0 unspecified atom stereocenters. The van der Waals surface area contributed by atoms with Crippen molar-refractivity contribution >= 4 is 10.9 Å². The van der Waals surface area contributed by atoms with Crippen molar-refractivity contribution in [1.29, 1.82) is 0 Å². The molecule has 1 heteroatoms. The van der Waals surface area contributed by atoms with E-state index in [1.807, 2.05) is 0 Å². The lowest BCUT2D eigenvalue weighted by Crippen LogP contribution is -2.27. The Labute approximate surface area is 144 Å². The zero-order valence-electron chi connectivity index (χ0n) is 14.6. The Hall–Kier alpha value is -1.21. The minimum atomic E-state index is 0.474. The fourth-order valence-corrected chi connectivity index (χ4v) is 6.30. The molecule has 0 amide bonds. The van der Waals surface area contributed by atoms with Crippen LogP contribution in [-0.4, -0.2) is 5.25 Å². The van der Waals surface area contributed by atoms with Gasteiger partial charge < -0.3 is 0 Å². The Bertz CT molecular complexity index is 543. The quantitative estimate of drug-likeness (QED) is 0.595. The summed E-state index contributed by atoms with van der Waals surface area (Å²) in [6.45, 7) is 4.36. The lowest BCUT2D eigenvalue weighted by Gasteiger charge is -2.23. The van der Waals surface area contributed by atoms with Gasteiger partial charge in [-0.25, -0.2) is 0 Å². The van der Waals surface area contributed by atoms with Crippen LogP contribution in [-0.2, 0) is 22.4 Å². The van der Waals surface area contributed by atoms with Crippen molar-refractivity contribution in [3.05, 3.63) is 70.8 Å². The van der Waals surface area contributed by atoms with E-state index >= 15 is 0 Å². The van der Waals surface area contributed by atoms with Crippen molar-refractivity contribution in [2.24, 2.45) is 0 Å². The predicted molar refractivity (Wildman–Crippen MR) is 104 cm³/mol. The van der Waals surface area contributed by atoms with Crippen molar-refractivity contribution in [3.63, 3.8) is 0 Å². The van der Waals surface area contributed by atoms with E-state index in [9.17, 15) is 0 Å². The summed E-state index contributed by atoms with van der Waals surface area (Å²) in [7, 11) is 0.474. The van der Waals surface area contributed by atoms with E-state index in [2.05, 4.69) is 62.4 Å². The molecule has 0 atom stereocenters. The summed E-state index contributed by atoms with van der Waals surface area (Å²) in [4.78, 5) is 0. The third-order valence-corrected chi connectivity index (χ3v) is 7.79. The summed E-state index contributed by atoms with van der Waals surface area (Å²) in [6.07, 6.45) is 7.22. The average molecular weight is 326 g/mol. The Morgan fingerprint density at radius 3 is 1.57 bits per heavy atom. The molecule has 2 aromatic carbocycles. The Morgan fingerprint density at radius 1 is 0.696 bits per heavy atom. The van der Waals surface area contributed by atoms with E-state index in [1.165, 1.54) is 65.9 Å². The molecule has 1 saturated carbocycles. The fraction of sp³-hybridized carbons (Fsp3) is 0.455. The van der Waals surface area contributed by atoms with Crippen LogP contribution >= 0.6 is 0 Å². The van der Waals surface area contributed by atoms with Crippen LogP contribution in [0.5, 0.6) is 0 Å². The van der Waals surface area contributed by atoms with Crippen LogP contribution < -0.4 is 0 Å². The molecule has 1 aliphatic rings. The fourth-order valence-electron chi connectivity index (χ4n) is 3.48. The molecule has 1 aliphatic carbocycles. The zero-order valence-corrected chi connectivity index (χ0v) is 15.4. The maximum absolute atomic E-state index is 2.34. The Kier molecular flexibility index (Phi) is 5.83. The highest BCUT2D eigenvalue weighted by Crippen LogP contribution is 2.30. The molecule has 0 N–H and O–H groups in total. The van der Waals surface area contributed by atoms with Gasteiger partial charge >= 0.3 is 0 Å². The normalized spacial score (nSPS) is 16.0. The van der Waals surface area contributed by atoms with Gasteiger partial charge in [-0.15, -0.1) is 0 Å². The second kappa shape index (κ2) is 8.06. The van der Waals surface area contributed by atoms with E-state index < -0.39 is 0 Å². The highest BCUT2D eigenvalue weighted by Gasteiger charge is 2.32. The molecule has 0 saturated heterocycles. The summed E-state index contributed by atoms with van der Waals surface area (Å²) >= 11 is 0. The molecule has 0 spiro atoms. The Balaban J connectivity index is 1.74. The van der Waals surface area contributed by atoms with Crippen LogP contribution in [0.2, 0.25) is 0 Å². The molecule has 3 rings (SSSR count). The molecule has 0 nitrogen and oxygen atoms in total. The van der Waals surface area contributed by atoms with Gasteiger partial charge in [-0.1, -0.05) is 66.1 Å². The smallest absolute Gasteiger partial charge is 0.0589 e. The van der Waals surface area contributed by atoms with Crippen molar-refractivity contribution in [3.8, 4) is 0 Å². The molecule has 0 bridgehead atoms. The summed E-state index contributed by atoms with van der Waals surface area (Å²) in [5, 5.41) is 0.936. The standard InChI is InChI=1S/C22H29S/c1-18-8-12-20(13-9-18)16-23(22-6-4-3-5-7-22)17-21-14-10-19(2)11-15-21/h8-15,22H,3-7,16-17H2,1-2H3/q+1. The van der Waals surface area contributed by atoms with Crippen molar-refractivity contribution in [2.45, 2.75) is 62.7 Å². The van der Waals surface area contributed by atoms with Crippen LogP contribution in [0.15, 0.2) is 48.5 Å². The molecular weight excluding hydrogens is 296 g/mol. The van der Waals surface area contributed by atoms with Gasteiger partial charge in [-0.2, -0.15) is 0 Å². The number of rotatable bonds is 5. The van der Waals surface area contributed by atoms with Crippen molar-refractivity contribution in [1.82, 2.24) is 0 Å². The van der Waals surface area contributed by atoms with Crippen LogP contribution in [0.25, 0.3) is 0 Å². The molecule has 0 radical (unpaired) electrons. The highest BCUT2D eigenvalue weighted by atomic mass is 32.2. The number of aryl methyl sites for hydroxylation is 2. The molecule has 23 heavy (non-hydrogen) atoms. The molecule has 122 valence electrons. The topological polar surface area (TPSA) is 0 Å². The van der Waals surface area contributed by atoms with Crippen molar-refractivity contribution in [2.75, 3.05) is 0 Å². The maximum atomic E-state index is 2.34. The van der Waals surface area contributed by atoms with Gasteiger partial charge in [-0.3, -0.25) is 0 Å². The number of benzene rings is 2. The van der Waals surface area contributed by atoms with Gasteiger partial charge in [0.25, 0.3) is 0 Å². The van der Waals surface area contributed by atoms with E-state index in [0.29, 0.717) is 10.9 Å². The minimum absolute atomic E-state index is 0.474. The zero-order chi connectivity index (χ0) is 16.1. The predicted octanol–water partition coefficient (Wildman–Crippen LogP) is 5.95. The molecule has 0 aliphatic heterocycles. The lowest BCUT2D eigenvalue weighted by atomic mass is 10.0. The van der Waals surface area contributed by atoms with Crippen LogP contribution in [0.3, 0.4) is 0 Å². The van der Waals surface area contributed by atoms with Crippen LogP contribution in [0, 0.1) is 13.8 Å². The molecular formula is C22H29S+. The van der Waals surface area contributed by atoms with Gasteiger partial charge in [0.2, 0.25) is 0 Å². The molecule has 0 heterocycles. The second-order valence-electron chi connectivity index (χ2n) is 7.06. The first-order valence-electron chi connectivity index (χ1n) is 8.98. The lowest BCUT2D eigenvalue weighted by molar-refractivity contribution is 0.512. The second-order valence-corrected chi connectivity index (χ2v) is 9.38. The van der Waals surface area contributed by atoms with Gasteiger partial charge in [0.1, 0.15) is 16.8 Å².